The first kappa shape index (κ1) is 13.4. The van der Waals surface area contributed by atoms with Crippen LogP contribution in [0.2, 0.25) is 0 Å². The minimum absolute atomic E-state index is 0.0588. The molecule has 1 atom stereocenters. The van der Waals surface area contributed by atoms with E-state index in [4.69, 9.17) is 5.21 Å². The van der Waals surface area contributed by atoms with Crippen LogP contribution in [0.5, 0.6) is 0 Å². The number of hydrogen-bond acceptors (Lipinski definition) is 4. The first-order chi connectivity index (χ1) is 6.16. The molecular weight excluding hydrogens is 202 g/mol. The average Bonchev–Trinajstić information content (AvgIpc) is 2.03. The molecule has 0 fully saturated rings. The summed E-state index contributed by atoms with van der Waals surface area (Å²) in [6, 6.07) is 0. The van der Waals surface area contributed by atoms with Crippen molar-refractivity contribution in [3.8, 4) is 0 Å². The van der Waals surface area contributed by atoms with Gasteiger partial charge in [-0.05, 0) is 6.92 Å². The Kier molecular flexibility index (Phi) is 4.12. The molecule has 5 heteroatoms. The van der Waals surface area contributed by atoms with Crippen LogP contribution >= 0.6 is 0 Å². The minimum Gasteiger partial charge on any atom is -0.411 e. The number of sulfone groups is 1. The summed E-state index contributed by atoms with van der Waals surface area (Å²) in [6.45, 7) is 8.61. The molecule has 0 bridgehead atoms. The molecule has 1 N–H and O–H groups in total. The summed E-state index contributed by atoms with van der Waals surface area (Å²) in [6.07, 6.45) is 0. The zero-order valence-electron chi connectivity index (χ0n) is 9.40. The zero-order valence-corrected chi connectivity index (χ0v) is 10.2. The summed E-state index contributed by atoms with van der Waals surface area (Å²) >= 11 is 0. The molecule has 0 rings (SSSR count). The van der Waals surface area contributed by atoms with Gasteiger partial charge < -0.3 is 5.21 Å². The van der Waals surface area contributed by atoms with E-state index < -0.39 is 20.5 Å². The Morgan fingerprint density at radius 2 is 1.86 bits per heavy atom. The highest BCUT2D eigenvalue weighted by atomic mass is 32.2. The van der Waals surface area contributed by atoms with Crippen molar-refractivity contribution in [2.24, 2.45) is 10.6 Å². The summed E-state index contributed by atoms with van der Waals surface area (Å²) in [5.74, 6) is 0.0588. The largest absolute Gasteiger partial charge is 0.411 e. The minimum atomic E-state index is -3.18. The van der Waals surface area contributed by atoms with E-state index >= 15 is 0 Å². The smallest absolute Gasteiger partial charge is 0.158 e. The normalized spacial score (nSPS) is 16.8. The van der Waals surface area contributed by atoms with Crippen molar-refractivity contribution in [1.82, 2.24) is 0 Å². The molecule has 0 unspecified atom stereocenters. The third kappa shape index (κ3) is 2.97. The van der Waals surface area contributed by atoms with Gasteiger partial charge in [-0.3, -0.25) is 0 Å². The average molecular weight is 221 g/mol. The van der Waals surface area contributed by atoms with Gasteiger partial charge in [-0.15, -0.1) is 0 Å². The van der Waals surface area contributed by atoms with Crippen molar-refractivity contribution in [3.05, 3.63) is 0 Å². The third-order valence-corrected chi connectivity index (χ3v) is 4.31. The van der Waals surface area contributed by atoms with Gasteiger partial charge in [0, 0.05) is 11.2 Å². The molecule has 0 saturated carbocycles. The van der Waals surface area contributed by atoms with Crippen LogP contribution in [0.1, 0.15) is 34.6 Å². The van der Waals surface area contributed by atoms with Crippen LogP contribution in [0.15, 0.2) is 5.16 Å². The maximum absolute atomic E-state index is 11.6. The Morgan fingerprint density at radius 3 is 2.07 bits per heavy atom. The van der Waals surface area contributed by atoms with Gasteiger partial charge in [-0.25, -0.2) is 8.42 Å². The molecule has 0 heterocycles. The topological polar surface area (TPSA) is 66.7 Å². The monoisotopic (exact) mass is 221 g/mol. The molecule has 0 radical (unpaired) electrons. The summed E-state index contributed by atoms with van der Waals surface area (Å²) in [5.41, 5.74) is -0.129. The molecule has 0 aliphatic carbocycles. The highest BCUT2D eigenvalue weighted by molar-refractivity contribution is 7.92. The number of rotatable bonds is 3. The van der Waals surface area contributed by atoms with Crippen LogP contribution in [0.4, 0.5) is 0 Å². The van der Waals surface area contributed by atoms with Crippen LogP contribution in [0, 0.1) is 5.41 Å². The van der Waals surface area contributed by atoms with E-state index in [1.54, 1.807) is 13.8 Å². The molecule has 0 aliphatic rings. The van der Waals surface area contributed by atoms with Gasteiger partial charge in [0.15, 0.2) is 9.84 Å². The Hall–Kier alpha value is -0.580. The lowest BCUT2D eigenvalue weighted by Crippen LogP contribution is -2.37. The third-order valence-electron chi connectivity index (χ3n) is 2.20. The maximum Gasteiger partial charge on any atom is 0.158 e. The van der Waals surface area contributed by atoms with Crippen LogP contribution in [-0.4, -0.2) is 30.3 Å². The van der Waals surface area contributed by atoms with E-state index in [1.165, 1.54) is 0 Å². The fraction of sp³-hybridized carbons (Fsp3) is 0.889. The molecule has 0 amide bonds. The lowest BCUT2D eigenvalue weighted by molar-refractivity contribution is 0.309. The highest BCUT2D eigenvalue weighted by Gasteiger charge is 2.32. The van der Waals surface area contributed by atoms with E-state index in [-0.39, 0.29) is 5.75 Å². The molecule has 0 aromatic carbocycles. The van der Waals surface area contributed by atoms with Crippen LogP contribution in [0.25, 0.3) is 0 Å². The van der Waals surface area contributed by atoms with Crippen LogP contribution in [-0.2, 0) is 9.84 Å². The van der Waals surface area contributed by atoms with Crippen molar-refractivity contribution in [2.45, 2.75) is 39.9 Å². The molecule has 0 saturated heterocycles. The van der Waals surface area contributed by atoms with Gasteiger partial charge in [0.2, 0.25) is 0 Å². The Morgan fingerprint density at radius 1 is 1.43 bits per heavy atom. The Bertz CT molecular complexity index is 311. The van der Waals surface area contributed by atoms with Gasteiger partial charge in [-0.1, -0.05) is 32.9 Å². The van der Waals surface area contributed by atoms with Crippen molar-refractivity contribution >= 4 is 15.5 Å². The molecular formula is C9H19NO3S. The summed E-state index contributed by atoms with van der Waals surface area (Å²) in [7, 11) is -3.18. The second kappa shape index (κ2) is 4.29. The van der Waals surface area contributed by atoms with E-state index in [0.717, 1.165) is 0 Å². The predicted molar refractivity (Wildman–Crippen MR) is 57.6 cm³/mol. The number of oxime groups is 1. The van der Waals surface area contributed by atoms with Gasteiger partial charge in [-0.2, -0.15) is 0 Å². The quantitative estimate of drug-likeness (QED) is 0.448. The van der Waals surface area contributed by atoms with Crippen molar-refractivity contribution in [1.29, 1.82) is 0 Å². The molecule has 14 heavy (non-hydrogen) atoms. The zero-order chi connectivity index (χ0) is 11.6. The molecule has 0 aromatic rings. The van der Waals surface area contributed by atoms with Crippen LogP contribution < -0.4 is 0 Å². The number of nitrogens with zero attached hydrogens (tertiary/aromatic N) is 1. The Labute approximate surface area is 85.9 Å². The number of hydrogen-bond donors (Lipinski definition) is 1. The lowest BCUT2D eigenvalue weighted by Gasteiger charge is -2.24. The summed E-state index contributed by atoms with van der Waals surface area (Å²) in [4.78, 5) is 0. The fourth-order valence-electron chi connectivity index (χ4n) is 1.26. The molecule has 4 nitrogen and oxygen atoms in total. The molecule has 0 aromatic heterocycles. The van der Waals surface area contributed by atoms with E-state index in [0.29, 0.717) is 5.71 Å². The van der Waals surface area contributed by atoms with E-state index in [2.05, 4.69) is 5.16 Å². The van der Waals surface area contributed by atoms with E-state index in [9.17, 15) is 8.42 Å². The molecule has 84 valence electrons. The molecule has 0 spiro atoms. The van der Waals surface area contributed by atoms with Crippen LogP contribution in [0.3, 0.4) is 0 Å². The van der Waals surface area contributed by atoms with Crippen molar-refractivity contribution in [2.75, 3.05) is 5.75 Å². The first-order valence-electron chi connectivity index (χ1n) is 4.60. The van der Waals surface area contributed by atoms with Crippen molar-refractivity contribution in [3.63, 3.8) is 0 Å². The first-order valence-corrected chi connectivity index (χ1v) is 6.32. The van der Waals surface area contributed by atoms with Gasteiger partial charge >= 0.3 is 0 Å². The Balaban J connectivity index is 5.13. The predicted octanol–water partition coefficient (Wildman–Crippen LogP) is 1.69. The molecule has 0 aliphatic heterocycles. The van der Waals surface area contributed by atoms with Gasteiger partial charge in [0.25, 0.3) is 0 Å². The fourth-order valence-corrected chi connectivity index (χ4v) is 2.50. The van der Waals surface area contributed by atoms with Gasteiger partial charge in [0.05, 0.1) is 5.71 Å². The highest BCUT2D eigenvalue weighted by Crippen LogP contribution is 2.22. The summed E-state index contributed by atoms with van der Waals surface area (Å²) < 4.78 is 23.1. The van der Waals surface area contributed by atoms with Crippen molar-refractivity contribution < 1.29 is 13.6 Å². The maximum atomic E-state index is 11.6. The second-order valence-electron chi connectivity index (χ2n) is 4.33. The van der Waals surface area contributed by atoms with E-state index in [1.807, 2.05) is 20.8 Å². The van der Waals surface area contributed by atoms with Gasteiger partial charge in [0.1, 0.15) is 5.25 Å². The summed E-state index contributed by atoms with van der Waals surface area (Å²) in [5, 5.41) is 11.2. The SMILES string of the molecule is CCS(=O)(=O)[C@H](C)/C(=N\O)C(C)(C)C. The standard InChI is InChI=1S/C9H19NO3S/c1-6-14(12,13)7(2)8(10-11)9(3,4)5/h7,11H,6H2,1-5H3/b10-8+/t7-/m1/s1. The second-order valence-corrected chi connectivity index (χ2v) is 6.94. The lowest BCUT2D eigenvalue weighted by atomic mass is 9.88.